The van der Waals surface area contributed by atoms with Crippen LogP contribution in [-0.4, -0.2) is 42.8 Å². The molecule has 5 nitrogen and oxygen atoms in total. The van der Waals surface area contributed by atoms with Crippen molar-refractivity contribution in [3.63, 3.8) is 0 Å². The summed E-state index contributed by atoms with van der Waals surface area (Å²) in [5.41, 5.74) is 1.03. The van der Waals surface area contributed by atoms with Crippen molar-refractivity contribution < 1.29 is 19.1 Å². The summed E-state index contributed by atoms with van der Waals surface area (Å²) in [7, 11) is 1.29. The van der Waals surface area contributed by atoms with Gasteiger partial charge in [-0.05, 0) is 24.5 Å². The summed E-state index contributed by atoms with van der Waals surface area (Å²) in [6.45, 7) is 0. The molecule has 0 saturated carbocycles. The van der Waals surface area contributed by atoms with Crippen molar-refractivity contribution in [2.75, 3.05) is 19.1 Å². The van der Waals surface area contributed by atoms with Crippen LogP contribution in [0.1, 0.15) is 32.7 Å². The molecule has 0 fully saturated rings. The van der Waals surface area contributed by atoms with Crippen LogP contribution in [0.2, 0.25) is 0 Å². The molecule has 0 saturated heterocycles. The maximum absolute atomic E-state index is 12.7. The summed E-state index contributed by atoms with van der Waals surface area (Å²) < 4.78 is 4.76. The summed E-state index contributed by atoms with van der Waals surface area (Å²) in [5.74, 6) is -0.513. The van der Waals surface area contributed by atoms with Crippen LogP contribution < -0.4 is 5.32 Å². The van der Waals surface area contributed by atoms with E-state index in [2.05, 4.69) is 5.32 Å². The van der Waals surface area contributed by atoms with Crippen molar-refractivity contribution in [2.24, 2.45) is 0 Å². The lowest BCUT2D eigenvalue weighted by Gasteiger charge is -2.17. The number of ketones is 1. The van der Waals surface area contributed by atoms with Crippen molar-refractivity contribution in [2.45, 2.75) is 12.5 Å². The second kappa shape index (κ2) is 9.77. The minimum absolute atomic E-state index is 0.236. The average molecular weight is 371 g/mol. The van der Waals surface area contributed by atoms with Crippen LogP contribution in [0, 0.1) is 0 Å². The Labute approximate surface area is 157 Å². The predicted molar refractivity (Wildman–Crippen MR) is 103 cm³/mol. The van der Waals surface area contributed by atoms with Crippen molar-refractivity contribution in [3.8, 4) is 0 Å². The van der Waals surface area contributed by atoms with E-state index in [0.717, 1.165) is 0 Å². The fraction of sp³-hybridized carbons (Fsp3) is 0.250. The van der Waals surface area contributed by atoms with Gasteiger partial charge in [0.2, 0.25) is 0 Å². The molecule has 1 amide bonds. The van der Waals surface area contributed by atoms with Gasteiger partial charge in [-0.1, -0.05) is 48.5 Å². The molecule has 6 heteroatoms. The van der Waals surface area contributed by atoms with Crippen LogP contribution in [0.25, 0.3) is 0 Å². The first-order chi connectivity index (χ1) is 12.6. The molecule has 136 valence electrons. The van der Waals surface area contributed by atoms with Crippen molar-refractivity contribution in [1.82, 2.24) is 5.32 Å². The molecule has 1 atom stereocenters. The normalized spacial score (nSPS) is 11.5. The number of nitrogens with one attached hydrogen (secondary N) is 1. The standard InChI is InChI=1S/C20H21NO4S/c1-25-20(24)17(12-13-26-2)21-19(23)16-11-7-6-10-15(16)18(22)14-8-4-3-5-9-14/h3-11,17H,12-13H2,1-2H3,(H,21,23)/t17-/m0/s1. The van der Waals surface area contributed by atoms with Gasteiger partial charge in [0, 0.05) is 11.1 Å². The Bertz CT molecular complexity index is 776. The quantitative estimate of drug-likeness (QED) is 0.571. The summed E-state index contributed by atoms with van der Waals surface area (Å²) in [6, 6.07) is 14.6. The Kier molecular flexibility index (Phi) is 7.41. The molecule has 1 N–H and O–H groups in total. The second-order valence-corrected chi connectivity index (χ2v) is 6.56. The number of ether oxygens (including phenoxy) is 1. The Morgan fingerprint density at radius 1 is 1.00 bits per heavy atom. The molecule has 0 aromatic heterocycles. The number of hydrogen-bond acceptors (Lipinski definition) is 5. The van der Waals surface area contributed by atoms with Gasteiger partial charge >= 0.3 is 5.97 Å². The van der Waals surface area contributed by atoms with Crippen LogP contribution >= 0.6 is 11.8 Å². The number of rotatable bonds is 8. The van der Waals surface area contributed by atoms with Gasteiger partial charge in [-0.15, -0.1) is 0 Å². The van der Waals surface area contributed by atoms with E-state index in [0.29, 0.717) is 23.3 Å². The molecule has 0 radical (unpaired) electrons. The van der Waals surface area contributed by atoms with E-state index in [9.17, 15) is 14.4 Å². The molecule has 0 unspecified atom stereocenters. The molecule has 0 spiro atoms. The smallest absolute Gasteiger partial charge is 0.328 e. The van der Waals surface area contributed by atoms with Crippen LogP contribution in [0.4, 0.5) is 0 Å². The lowest BCUT2D eigenvalue weighted by atomic mass is 9.97. The lowest BCUT2D eigenvalue weighted by molar-refractivity contribution is -0.142. The predicted octanol–water partition coefficient (Wildman–Crippen LogP) is 2.94. The average Bonchev–Trinajstić information content (AvgIpc) is 2.70. The number of thioether (sulfide) groups is 1. The number of methoxy groups -OCH3 is 1. The van der Waals surface area contributed by atoms with Gasteiger partial charge < -0.3 is 10.1 Å². The van der Waals surface area contributed by atoms with Gasteiger partial charge in [0.25, 0.3) is 5.91 Å². The first kappa shape index (κ1) is 19.7. The van der Waals surface area contributed by atoms with Crippen LogP contribution in [0.5, 0.6) is 0 Å². The van der Waals surface area contributed by atoms with Crippen molar-refractivity contribution in [1.29, 1.82) is 0 Å². The Morgan fingerprint density at radius 3 is 2.23 bits per heavy atom. The van der Waals surface area contributed by atoms with Crippen molar-refractivity contribution in [3.05, 3.63) is 71.3 Å². The molecule has 2 rings (SSSR count). The van der Waals surface area contributed by atoms with E-state index in [1.165, 1.54) is 7.11 Å². The highest BCUT2D eigenvalue weighted by Gasteiger charge is 2.24. The highest BCUT2D eigenvalue weighted by atomic mass is 32.2. The highest BCUT2D eigenvalue weighted by molar-refractivity contribution is 7.98. The first-order valence-electron chi connectivity index (χ1n) is 8.15. The maximum Gasteiger partial charge on any atom is 0.328 e. The summed E-state index contributed by atoms with van der Waals surface area (Å²) >= 11 is 1.57. The number of benzene rings is 2. The SMILES string of the molecule is COC(=O)[C@H](CCSC)NC(=O)c1ccccc1C(=O)c1ccccc1. The number of carbonyl (C=O) groups is 3. The zero-order valence-electron chi connectivity index (χ0n) is 14.7. The fourth-order valence-electron chi connectivity index (χ4n) is 2.49. The third-order valence-electron chi connectivity index (χ3n) is 3.85. The van der Waals surface area contributed by atoms with Crippen LogP contribution in [-0.2, 0) is 9.53 Å². The summed E-state index contributed by atoms with van der Waals surface area (Å²) in [5, 5.41) is 2.69. The third-order valence-corrected chi connectivity index (χ3v) is 4.50. The fourth-order valence-corrected chi connectivity index (χ4v) is 2.96. The zero-order valence-corrected chi connectivity index (χ0v) is 15.5. The van der Waals surface area contributed by atoms with Gasteiger partial charge in [-0.3, -0.25) is 9.59 Å². The third kappa shape index (κ3) is 4.95. The van der Waals surface area contributed by atoms with Crippen molar-refractivity contribution >= 4 is 29.4 Å². The Morgan fingerprint density at radius 2 is 1.62 bits per heavy atom. The van der Waals surface area contributed by atoms with Gasteiger partial charge in [-0.25, -0.2) is 4.79 Å². The van der Waals surface area contributed by atoms with Gasteiger partial charge in [0.1, 0.15) is 6.04 Å². The molecule has 0 aliphatic rings. The molecule has 2 aromatic carbocycles. The van der Waals surface area contributed by atoms with E-state index < -0.39 is 17.9 Å². The van der Waals surface area contributed by atoms with Gasteiger partial charge in [-0.2, -0.15) is 11.8 Å². The second-order valence-electron chi connectivity index (χ2n) is 5.57. The van der Waals surface area contributed by atoms with Crippen LogP contribution in [0.15, 0.2) is 54.6 Å². The van der Waals surface area contributed by atoms with Gasteiger partial charge in [0.05, 0.1) is 12.7 Å². The van der Waals surface area contributed by atoms with E-state index in [-0.39, 0.29) is 11.3 Å². The Hall–Kier alpha value is -2.60. The van der Waals surface area contributed by atoms with Gasteiger partial charge in [0.15, 0.2) is 5.78 Å². The summed E-state index contributed by atoms with van der Waals surface area (Å²) in [4.78, 5) is 37.4. The first-order valence-corrected chi connectivity index (χ1v) is 9.54. The highest BCUT2D eigenvalue weighted by Crippen LogP contribution is 2.15. The van der Waals surface area contributed by atoms with E-state index >= 15 is 0 Å². The molecule has 2 aromatic rings. The molecule has 0 heterocycles. The van der Waals surface area contributed by atoms with E-state index in [4.69, 9.17) is 4.74 Å². The topological polar surface area (TPSA) is 72.5 Å². The zero-order chi connectivity index (χ0) is 18.9. The number of amides is 1. The minimum atomic E-state index is -0.750. The Balaban J connectivity index is 2.26. The number of carbonyl (C=O) groups excluding carboxylic acids is 3. The number of hydrogen-bond donors (Lipinski definition) is 1. The minimum Gasteiger partial charge on any atom is -0.467 e. The largest absolute Gasteiger partial charge is 0.467 e. The maximum atomic E-state index is 12.7. The monoisotopic (exact) mass is 371 g/mol. The molecular formula is C20H21NO4S. The molecule has 0 aliphatic heterocycles. The molecule has 0 bridgehead atoms. The van der Waals surface area contributed by atoms with E-state index in [1.807, 2.05) is 12.3 Å². The van der Waals surface area contributed by atoms with E-state index in [1.54, 1.807) is 60.3 Å². The number of esters is 1. The molecule has 26 heavy (non-hydrogen) atoms. The molecule has 0 aliphatic carbocycles. The molecular weight excluding hydrogens is 350 g/mol. The lowest BCUT2D eigenvalue weighted by Crippen LogP contribution is -2.42. The van der Waals surface area contributed by atoms with Crippen LogP contribution in [0.3, 0.4) is 0 Å². The summed E-state index contributed by atoms with van der Waals surface area (Å²) in [6.07, 6.45) is 2.37.